The summed E-state index contributed by atoms with van der Waals surface area (Å²) in [5, 5.41) is 13.9. The third-order valence-corrected chi connectivity index (χ3v) is 6.16. The third kappa shape index (κ3) is 3.63. The van der Waals surface area contributed by atoms with Gasteiger partial charge in [-0.2, -0.15) is 0 Å². The number of hydrogen-bond donors (Lipinski definition) is 0. The van der Waals surface area contributed by atoms with Crippen LogP contribution >= 0.6 is 11.6 Å². The Kier molecular flexibility index (Phi) is 5.06. The molecule has 2 aromatic heterocycles. The quantitative estimate of drug-likeness (QED) is 0.408. The Hall–Kier alpha value is -3.06. The zero-order valence-corrected chi connectivity index (χ0v) is 17.5. The van der Waals surface area contributed by atoms with Crippen LogP contribution in [0, 0.1) is 5.21 Å². The number of carbonyl (C=O) groups excluding carboxylic acids is 1. The van der Waals surface area contributed by atoms with E-state index in [1.54, 1.807) is 18.3 Å². The molecule has 1 fully saturated rings. The molecule has 1 aromatic carbocycles. The number of pyridine rings is 2. The van der Waals surface area contributed by atoms with E-state index in [1.807, 2.05) is 30.3 Å². The Morgan fingerprint density at radius 3 is 2.61 bits per heavy atom. The minimum atomic E-state index is -0.861. The zero-order valence-electron chi connectivity index (χ0n) is 16.8. The molecule has 2 aliphatic rings. The summed E-state index contributed by atoms with van der Waals surface area (Å²) < 4.78 is 5.17. The van der Waals surface area contributed by atoms with Gasteiger partial charge in [-0.25, -0.2) is 4.79 Å². The van der Waals surface area contributed by atoms with Crippen molar-refractivity contribution in [1.82, 2.24) is 9.97 Å². The minimum Gasteiger partial charge on any atom is -0.625 e. The molecule has 5 rings (SSSR count). The number of carbonyl (C=O) groups is 1. The van der Waals surface area contributed by atoms with Crippen LogP contribution in [0.15, 0.2) is 66.6 Å². The standard InChI is InChI=1S/C24H20ClN3O3/c25-19-3-4-20-21(14-19)31-15-18-2-1-9-27-23(18)22(20)16-7-12-28(30,13-8-16)24(29)17-5-10-26-11-6-17/h1-6,9-11,14H,7-8,12-13,15H2. The van der Waals surface area contributed by atoms with Gasteiger partial charge in [-0.05, 0) is 42.0 Å². The van der Waals surface area contributed by atoms with Crippen molar-refractivity contribution >= 4 is 23.1 Å². The number of ether oxygens (including phenoxy) is 1. The first kappa shape index (κ1) is 19.9. The molecule has 156 valence electrons. The lowest BCUT2D eigenvalue weighted by molar-refractivity contribution is -0.801. The highest BCUT2D eigenvalue weighted by molar-refractivity contribution is 6.30. The van der Waals surface area contributed by atoms with Crippen molar-refractivity contribution in [2.75, 3.05) is 13.1 Å². The number of piperidine rings is 1. The number of benzene rings is 1. The lowest BCUT2D eigenvalue weighted by Crippen LogP contribution is -2.51. The van der Waals surface area contributed by atoms with Gasteiger partial charge in [0.25, 0.3) is 0 Å². The number of aromatic nitrogens is 2. The van der Waals surface area contributed by atoms with E-state index in [9.17, 15) is 10.0 Å². The summed E-state index contributed by atoms with van der Waals surface area (Å²) in [5.41, 5.74) is 5.27. The molecule has 4 heterocycles. The maximum absolute atomic E-state index is 13.3. The van der Waals surface area contributed by atoms with Crippen molar-refractivity contribution in [3.8, 4) is 5.75 Å². The smallest absolute Gasteiger partial charge is 0.345 e. The van der Waals surface area contributed by atoms with E-state index in [4.69, 9.17) is 16.3 Å². The predicted molar refractivity (Wildman–Crippen MR) is 117 cm³/mol. The van der Waals surface area contributed by atoms with Gasteiger partial charge in [0.05, 0.1) is 24.3 Å². The second-order valence-corrected chi connectivity index (χ2v) is 8.23. The summed E-state index contributed by atoms with van der Waals surface area (Å²) in [7, 11) is 0. The number of likely N-dealkylation sites (tertiary alicyclic amines) is 1. The number of hydrogen-bond acceptors (Lipinski definition) is 5. The molecule has 3 aromatic rings. The summed E-state index contributed by atoms with van der Waals surface area (Å²) in [6.07, 6.45) is 5.85. The van der Waals surface area contributed by atoms with Crippen LogP contribution in [0.3, 0.4) is 0 Å². The molecule has 0 atom stereocenters. The first-order valence-corrected chi connectivity index (χ1v) is 10.5. The summed E-state index contributed by atoms with van der Waals surface area (Å²) >= 11 is 6.21. The second-order valence-electron chi connectivity index (χ2n) is 7.80. The summed E-state index contributed by atoms with van der Waals surface area (Å²) in [4.78, 5) is 21.4. The van der Waals surface area contributed by atoms with Gasteiger partial charge in [-0.3, -0.25) is 14.6 Å². The fourth-order valence-electron chi connectivity index (χ4n) is 4.29. The highest BCUT2D eigenvalue weighted by Gasteiger charge is 2.34. The topological polar surface area (TPSA) is 75.1 Å². The van der Waals surface area contributed by atoms with Gasteiger partial charge in [0.15, 0.2) is 0 Å². The fraction of sp³-hybridized carbons (Fsp3) is 0.208. The van der Waals surface area contributed by atoms with E-state index < -0.39 is 10.6 Å². The molecule has 0 N–H and O–H groups in total. The molecule has 0 aliphatic carbocycles. The molecule has 0 unspecified atom stereocenters. The molecule has 6 nitrogen and oxygen atoms in total. The van der Waals surface area contributed by atoms with Gasteiger partial charge >= 0.3 is 5.91 Å². The zero-order chi connectivity index (χ0) is 21.4. The monoisotopic (exact) mass is 433 g/mol. The molecule has 0 bridgehead atoms. The number of fused-ring (bicyclic) bond motifs is 2. The molecule has 7 heteroatoms. The fourth-order valence-corrected chi connectivity index (χ4v) is 4.46. The van der Waals surface area contributed by atoms with Crippen LogP contribution in [-0.2, 0) is 6.61 Å². The van der Waals surface area contributed by atoms with E-state index in [0.717, 1.165) is 28.0 Å². The predicted octanol–water partition coefficient (Wildman–Crippen LogP) is 4.77. The number of rotatable bonds is 1. The van der Waals surface area contributed by atoms with E-state index in [2.05, 4.69) is 9.97 Å². The average molecular weight is 434 g/mol. The Labute approximate surface area is 184 Å². The van der Waals surface area contributed by atoms with Gasteiger partial charge in [0.1, 0.15) is 12.4 Å². The van der Waals surface area contributed by atoms with E-state index >= 15 is 0 Å². The highest BCUT2D eigenvalue weighted by atomic mass is 35.5. The van der Waals surface area contributed by atoms with E-state index in [-0.39, 0.29) is 13.1 Å². The highest BCUT2D eigenvalue weighted by Crippen LogP contribution is 2.41. The summed E-state index contributed by atoms with van der Waals surface area (Å²) in [6.45, 7) is 0.771. The number of amides is 1. The second kappa shape index (κ2) is 7.89. The van der Waals surface area contributed by atoms with Crippen LogP contribution in [0.2, 0.25) is 5.02 Å². The summed E-state index contributed by atoms with van der Waals surface area (Å²) in [5.74, 6) is 0.288. The maximum Gasteiger partial charge on any atom is 0.345 e. The van der Waals surface area contributed by atoms with Gasteiger partial charge in [0.2, 0.25) is 0 Å². The molecule has 0 spiro atoms. The van der Waals surface area contributed by atoms with Gasteiger partial charge in [-0.15, -0.1) is 0 Å². The number of nitrogens with zero attached hydrogens (tertiary/aromatic N) is 3. The first-order chi connectivity index (χ1) is 15.0. The van der Waals surface area contributed by atoms with Crippen LogP contribution in [0.5, 0.6) is 5.75 Å². The molecule has 1 amide bonds. The third-order valence-electron chi connectivity index (χ3n) is 5.92. The Morgan fingerprint density at radius 1 is 1.06 bits per heavy atom. The number of halogens is 1. The number of quaternary nitrogens is 1. The van der Waals surface area contributed by atoms with Crippen LogP contribution in [0.1, 0.15) is 40.0 Å². The lowest BCUT2D eigenvalue weighted by Gasteiger charge is -2.43. The van der Waals surface area contributed by atoms with Crippen LogP contribution in [0.4, 0.5) is 0 Å². The van der Waals surface area contributed by atoms with Gasteiger partial charge in [0, 0.05) is 53.2 Å². The molecular formula is C24H20ClN3O3. The van der Waals surface area contributed by atoms with Crippen molar-refractivity contribution in [1.29, 1.82) is 0 Å². The lowest BCUT2D eigenvalue weighted by atomic mass is 9.89. The van der Waals surface area contributed by atoms with Crippen LogP contribution < -0.4 is 4.74 Å². The molecule has 0 radical (unpaired) electrons. The average Bonchev–Trinajstić information content (AvgIpc) is 2.96. The van der Waals surface area contributed by atoms with Crippen LogP contribution in [0.25, 0.3) is 5.57 Å². The largest absolute Gasteiger partial charge is 0.625 e. The normalized spacial score (nSPS) is 20.3. The van der Waals surface area contributed by atoms with Crippen LogP contribution in [-0.4, -0.2) is 33.6 Å². The van der Waals surface area contributed by atoms with Crippen molar-refractivity contribution in [3.63, 3.8) is 0 Å². The van der Waals surface area contributed by atoms with Gasteiger partial charge < -0.3 is 9.94 Å². The molecule has 0 saturated carbocycles. The molecule has 1 saturated heterocycles. The summed E-state index contributed by atoms with van der Waals surface area (Å²) in [6, 6.07) is 12.7. The Bertz CT molecular complexity index is 1180. The van der Waals surface area contributed by atoms with Crippen molar-refractivity contribution in [3.05, 3.63) is 99.2 Å². The van der Waals surface area contributed by atoms with Crippen molar-refractivity contribution in [2.24, 2.45) is 0 Å². The molecule has 31 heavy (non-hydrogen) atoms. The number of hydroxylamine groups is 3. The van der Waals surface area contributed by atoms with Crippen molar-refractivity contribution < 1.29 is 14.2 Å². The first-order valence-electron chi connectivity index (χ1n) is 10.2. The maximum atomic E-state index is 13.3. The van der Waals surface area contributed by atoms with Gasteiger partial charge in [-0.1, -0.05) is 17.7 Å². The van der Waals surface area contributed by atoms with E-state index in [0.29, 0.717) is 35.8 Å². The Balaban J connectivity index is 1.54. The SMILES string of the molecule is O=C(c1ccncc1)[N+]1([O-])CCC(=C2c3ccc(Cl)cc3OCc3cccnc32)CC1. The van der Waals surface area contributed by atoms with E-state index in [1.165, 1.54) is 12.4 Å². The van der Waals surface area contributed by atoms with Crippen molar-refractivity contribution in [2.45, 2.75) is 19.4 Å². The molecule has 2 aliphatic heterocycles. The molecular weight excluding hydrogens is 414 g/mol. The Morgan fingerprint density at radius 2 is 1.84 bits per heavy atom. The minimum absolute atomic E-state index is 0.186.